The van der Waals surface area contributed by atoms with E-state index in [1.165, 1.54) is 13.8 Å². The van der Waals surface area contributed by atoms with E-state index in [-0.39, 0.29) is 11.7 Å². The monoisotopic (exact) mass is 166 g/mol. The van der Waals surface area contributed by atoms with Crippen molar-refractivity contribution in [1.29, 1.82) is 0 Å². The number of carbonyl (C=O) groups is 2. The highest BCUT2D eigenvalue weighted by atomic mass is 16.1. The molecule has 0 saturated carbocycles. The highest BCUT2D eigenvalue weighted by Crippen LogP contribution is 2.09. The van der Waals surface area contributed by atoms with Crippen molar-refractivity contribution in [2.45, 2.75) is 13.8 Å². The third-order valence-corrected chi connectivity index (χ3v) is 1.38. The summed E-state index contributed by atoms with van der Waals surface area (Å²) in [5, 5.41) is 2.56. The Hall–Kier alpha value is -1.58. The highest BCUT2D eigenvalue weighted by Gasteiger charge is 2.03. The lowest BCUT2D eigenvalue weighted by atomic mass is 10.3. The molecule has 4 nitrogen and oxygen atoms in total. The van der Waals surface area contributed by atoms with Crippen LogP contribution in [-0.4, -0.2) is 16.7 Å². The van der Waals surface area contributed by atoms with Crippen LogP contribution in [0.25, 0.3) is 0 Å². The topological polar surface area (TPSA) is 62.0 Å². The number of nitrogens with one attached hydrogen (secondary N) is 2. The predicted molar refractivity (Wildman–Crippen MR) is 45.1 cm³/mol. The zero-order chi connectivity index (χ0) is 9.14. The van der Waals surface area contributed by atoms with Crippen molar-refractivity contribution in [3.05, 3.63) is 18.0 Å². The third kappa shape index (κ3) is 1.95. The van der Waals surface area contributed by atoms with Crippen LogP contribution in [0.1, 0.15) is 24.3 Å². The van der Waals surface area contributed by atoms with E-state index in [0.717, 1.165) is 0 Å². The molecular formula is C8H10N2O2. The molecule has 1 aromatic heterocycles. The zero-order valence-corrected chi connectivity index (χ0v) is 6.97. The van der Waals surface area contributed by atoms with Crippen LogP contribution in [0.4, 0.5) is 5.69 Å². The van der Waals surface area contributed by atoms with E-state index in [4.69, 9.17) is 0 Å². The maximum atomic E-state index is 10.8. The molecule has 0 spiro atoms. The summed E-state index contributed by atoms with van der Waals surface area (Å²) in [5.41, 5.74) is 1.12. The van der Waals surface area contributed by atoms with E-state index in [1.54, 1.807) is 12.3 Å². The Kier molecular flexibility index (Phi) is 2.28. The van der Waals surface area contributed by atoms with E-state index in [0.29, 0.717) is 11.4 Å². The van der Waals surface area contributed by atoms with E-state index in [2.05, 4.69) is 10.3 Å². The molecule has 0 fully saturated rings. The van der Waals surface area contributed by atoms with Gasteiger partial charge in [0.1, 0.15) is 0 Å². The minimum atomic E-state index is -0.149. The molecular weight excluding hydrogens is 156 g/mol. The summed E-state index contributed by atoms with van der Waals surface area (Å²) in [7, 11) is 0. The second-order valence-electron chi connectivity index (χ2n) is 2.54. The van der Waals surface area contributed by atoms with Crippen molar-refractivity contribution in [2.24, 2.45) is 0 Å². The Morgan fingerprint density at radius 1 is 1.42 bits per heavy atom. The number of hydrogen-bond acceptors (Lipinski definition) is 2. The quantitative estimate of drug-likeness (QED) is 0.648. The Morgan fingerprint density at radius 2 is 2.08 bits per heavy atom. The summed E-state index contributed by atoms with van der Waals surface area (Å²) in [4.78, 5) is 24.1. The first kappa shape index (κ1) is 8.52. The van der Waals surface area contributed by atoms with Crippen molar-refractivity contribution in [1.82, 2.24) is 4.98 Å². The lowest BCUT2D eigenvalue weighted by Gasteiger charge is -1.93. The number of hydrogen-bond donors (Lipinski definition) is 2. The minimum absolute atomic E-state index is 0.0494. The first-order valence-corrected chi connectivity index (χ1v) is 3.56. The van der Waals surface area contributed by atoms with Gasteiger partial charge in [0, 0.05) is 20.0 Å². The number of anilines is 1. The Bertz CT molecular complexity index is 315. The molecule has 0 aliphatic carbocycles. The molecule has 1 aromatic rings. The van der Waals surface area contributed by atoms with Crippen LogP contribution in [0, 0.1) is 0 Å². The molecule has 12 heavy (non-hydrogen) atoms. The molecule has 64 valence electrons. The maximum Gasteiger partial charge on any atom is 0.221 e. The molecule has 4 heteroatoms. The van der Waals surface area contributed by atoms with Gasteiger partial charge in [0.2, 0.25) is 5.91 Å². The zero-order valence-electron chi connectivity index (χ0n) is 6.97. The molecule has 1 rings (SSSR count). The van der Waals surface area contributed by atoms with Crippen LogP contribution >= 0.6 is 0 Å². The summed E-state index contributed by atoms with van der Waals surface area (Å²) in [6.07, 6.45) is 1.58. The second kappa shape index (κ2) is 3.21. The normalized spacial score (nSPS) is 9.50. The number of Topliss-reactive ketones (excluding diaryl/α,β-unsaturated/α-hetero) is 1. The average molecular weight is 166 g/mol. The molecule has 0 bridgehead atoms. The van der Waals surface area contributed by atoms with Gasteiger partial charge in [0.25, 0.3) is 0 Å². The van der Waals surface area contributed by atoms with Gasteiger partial charge in [0.15, 0.2) is 5.78 Å². The Labute approximate surface area is 70.0 Å². The molecule has 0 radical (unpaired) electrons. The summed E-state index contributed by atoms with van der Waals surface area (Å²) >= 11 is 0. The lowest BCUT2D eigenvalue weighted by Crippen LogP contribution is -2.04. The molecule has 0 saturated heterocycles. The second-order valence-corrected chi connectivity index (χ2v) is 2.54. The van der Waals surface area contributed by atoms with Crippen molar-refractivity contribution in [3.63, 3.8) is 0 Å². The summed E-state index contributed by atoms with van der Waals surface area (Å²) in [6.45, 7) is 2.88. The van der Waals surface area contributed by atoms with Crippen LogP contribution in [0.3, 0.4) is 0 Å². The van der Waals surface area contributed by atoms with Gasteiger partial charge in [-0.25, -0.2) is 0 Å². The maximum absolute atomic E-state index is 10.8. The van der Waals surface area contributed by atoms with Gasteiger partial charge in [-0.1, -0.05) is 0 Å². The third-order valence-electron chi connectivity index (χ3n) is 1.38. The number of H-pyrrole nitrogens is 1. The van der Waals surface area contributed by atoms with Crippen molar-refractivity contribution in [3.8, 4) is 0 Å². The molecule has 1 amide bonds. The van der Waals surface area contributed by atoms with Crippen molar-refractivity contribution >= 4 is 17.4 Å². The van der Waals surface area contributed by atoms with Crippen LogP contribution in [0.2, 0.25) is 0 Å². The Morgan fingerprint density at radius 3 is 2.50 bits per heavy atom. The molecule has 2 N–H and O–H groups in total. The van der Waals surface area contributed by atoms with Crippen molar-refractivity contribution < 1.29 is 9.59 Å². The highest BCUT2D eigenvalue weighted by molar-refractivity contribution is 5.95. The number of aromatic amines is 1. The smallest absolute Gasteiger partial charge is 0.221 e. The minimum Gasteiger partial charge on any atom is -0.357 e. The lowest BCUT2D eigenvalue weighted by molar-refractivity contribution is -0.114. The number of amides is 1. The van der Waals surface area contributed by atoms with E-state index in [1.807, 2.05) is 0 Å². The summed E-state index contributed by atoms with van der Waals surface area (Å²) < 4.78 is 0. The molecule has 0 aromatic carbocycles. The molecule has 0 unspecified atom stereocenters. The van der Waals surface area contributed by atoms with Crippen LogP contribution < -0.4 is 5.32 Å². The first-order valence-electron chi connectivity index (χ1n) is 3.56. The molecule has 0 aliphatic heterocycles. The van der Waals surface area contributed by atoms with E-state index in [9.17, 15) is 9.59 Å². The summed E-state index contributed by atoms with van der Waals surface area (Å²) in [6, 6.07) is 1.60. The summed E-state index contributed by atoms with van der Waals surface area (Å²) in [5.74, 6) is -0.198. The van der Waals surface area contributed by atoms with Gasteiger partial charge in [-0.2, -0.15) is 0 Å². The largest absolute Gasteiger partial charge is 0.357 e. The SMILES string of the molecule is CC(=O)Nc1c[nH]c(C(C)=O)c1. The van der Waals surface area contributed by atoms with Gasteiger partial charge < -0.3 is 10.3 Å². The predicted octanol–water partition coefficient (Wildman–Crippen LogP) is 1.18. The first-order chi connectivity index (χ1) is 5.59. The standard InChI is InChI=1S/C8H10N2O2/c1-5(11)8-3-7(4-9-8)10-6(2)12/h3-4,9H,1-2H3,(H,10,12). The van der Waals surface area contributed by atoms with Crippen LogP contribution in [-0.2, 0) is 4.79 Å². The number of rotatable bonds is 2. The van der Waals surface area contributed by atoms with Gasteiger partial charge in [0.05, 0.1) is 11.4 Å². The van der Waals surface area contributed by atoms with Crippen molar-refractivity contribution in [2.75, 3.05) is 5.32 Å². The van der Waals surface area contributed by atoms with Gasteiger partial charge in [-0.3, -0.25) is 9.59 Å². The van der Waals surface area contributed by atoms with Crippen LogP contribution in [0.5, 0.6) is 0 Å². The average Bonchev–Trinajstić information content (AvgIpc) is 2.34. The van der Waals surface area contributed by atoms with Gasteiger partial charge >= 0.3 is 0 Å². The molecule has 0 aliphatic rings. The number of carbonyl (C=O) groups excluding carboxylic acids is 2. The molecule has 0 atom stereocenters. The number of aromatic nitrogens is 1. The van der Waals surface area contributed by atoms with E-state index < -0.39 is 0 Å². The number of ketones is 1. The van der Waals surface area contributed by atoms with Gasteiger partial charge in [-0.05, 0) is 6.07 Å². The van der Waals surface area contributed by atoms with E-state index >= 15 is 0 Å². The molecule has 1 heterocycles. The fraction of sp³-hybridized carbons (Fsp3) is 0.250. The fourth-order valence-corrected chi connectivity index (χ4v) is 0.873. The van der Waals surface area contributed by atoms with Gasteiger partial charge in [-0.15, -0.1) is 0 Å². The van der Waals surface area contributed by atoms with Crippen LogP contribution in [0.15, 0.2) is 12.3 Å². The fourth-order valence-electron chi connectivity index (χ4n) is 0.873. The Balaban J connectivity index is 2.77.